The molecule has 0 saturated heterocycles. The number of pyridine rings is 2. The van der Waals surface area contributed by atoms with Crippen LogP contribution in [0.3, 0.4) is 0 Å². The molecule has 0 spiro atoms. The van der Waals surface area contributed by atoms with Gasteiger partial charge in [0.2, 0.25) is 10.0 Å². The highest BCUT2D eigenvalue weighted by Crippen LogP contribution is 2.13. The Morgan fingerprint density at radius 3 is 2.42 bits per heavy atom. The fraction of sp³-hybridized carbons (Fsp3) is 0.235. The summed E-state index contributed by atoms with van der Waals surface area (Å²) in [5, 5.41) is 7.56. The van der Waals surface area contributed by atoms with E-state index in [-0.39, 0.29) is 4.90 Å². The maximum Gasteiger partial charge on any atom is 0.241 e. The van der Waals surface area contributed by atoms with Crippen molar-refractivity contribution in [1.82, 2.24) is 24.5 Å². The van der Waals surface area contributed by atoms with Crippen molar-refractivity contribution in [2.75, 3.05) is 12.4 Å². The Bertz CT molecular complexity index is 995. The van der Waals surface area contributed by atoms with Crippen LogP contribution in [0.2, 0.25) is 0 Å². The van der Waals surface area contributed by atoms with Gasteiger partial charge in [0, 0.05) is 24.6 Å². The van der Waals surface area contributed by atoms with Gasteiger partial charge in [0.25, 0.3) is 0 Å². The van der Waals surface area contributed by atoms with Crippen molar-refractivity contribution < 1.29 is 8.42 Å². The lowest BCUT2D eigenvalue weighted by Gasteiger charge is -2.08. The molecule has 0 amide bonds. The molecule has 8 nitrogen and oxygen atoms in total. The molecule has 3 rings (SSSR count). The number of hydrogen-bond donors (Lipinski definition) is 2. The summed E-state index contributed by atoms with van der Waals surface area (Å²) >= 11 is 0. The third-order valence-electron chi connectivity index (χ3n) is 3.82. The Labute approximate surface area is 152 Å². The zero-order valence-corrected chi connectivity index (χ0v) is 15.6. The third-order valence-corrected chi connectivity index (χ3v) is 5.22. The standard InChI is InChI=1S/C17H20N6O2S/c1-12-8-13(2)23(22-12)17-7-4-14(10-21-17)9-19-16-6-5-15(11-20-16)26(24,25)18-3/h4-8,10-11,18H,9H2,1-3H3,(H,19,20). The van der Waals surface area contributed by atoms with Gasteiger partial charge in [-0.25, -0.2) is 27.8 Å². The molecular weight excluding hydrogens is 352 g/mol. The number of aromatic nitrogens is 4. The molecule has 0 radical (unpaired) electrons. The van der Waals surface area contributed by atoms with Gasteiger partial charge in [-0.1, -0.05) is 6.07 Å². The summed E-state index contributed by atoms with van der Waals surface area (Å²) in [6.45, 7) is 4.46. The van der Waals surface area contributed by atoms with E-state index >= 15 is 0 Å². The second-order valence-electron chi connectivity index (χ2n) is 5.80. The highest BCUT2D eigenvalue weighted by Gasteiger charge is 2.11. The van der Waals surface area contributed by atoms with Crippen molar-refractivity contribution >= 4 is 15.8 Å². The molecule has 3 heterocycles. The van der Waals surface area contributed by atoms with Crippen LogP contribution in [0.15, 0.2) is 47.6 Å². The smallest absolute Gasteiger partial charge is 0.241 e. The number of aryl methyl sites for hydroxylation is 2. The normalized spacial score (nSPS) is 11.5. The Hall–Kier alpha value is -2.78. The molecule has 9 heteroatoms. The minimum absolute atomic E-state index is 0.126. The van der Waals surface area contributed by atoms with Gasteiger partial charge >= 0.3 is 0 Å². The molecule has 3 aromatic rings. The summed E-state index contributed by atoms with van der Waals surface area (Å²) in [5.41, 5.74) is 2.95. The molecule has 136 valence electrons. The van der Waals surface area contributed by atoms with Crippen LogP contribution >= 0.6 is 0 Å². The van der Waals surface area contributed by atoms with Crippen molar-refractivity contribution in [2.24, 2.45) is 0 Å². The highest BCUT2D eigenvalue weighted by molar-refractivity contribution is 7.89. The van der Waals surface area contributed by atoms with E-state index in [0.29, 0.717) is 12.4 Å². The fourth-order valence-corrected chi connectivity index (χ4v) is 3.14. The van der Waals surface area contributed by atoms with Crippen molar-refractivity contribution in [1.29, 1.82) is 0 Å². The summed E-state index contributed by atoms with van der Waals surface area (Å²) in [6, 6.07) is 9.01. The number of nitrogens with one attached hydrogen (secondary N) is 2. The van der Waals surface area contributed by atoms with E-state index in [1.54, 1.807) is 16.9 Å². The molecule has 0 saturated carbocycles. The van der Waals surface area contributed by atoms with Crippen molar-refractivity contribution in [3.63, 3.8) is 0 Å². The lowest BCUT2D eigenvalue weighted by Crippen LogP contribution is -2.18. The second-order valence-corrected chi connectivity index (χ2v) is 7.69. The minimum atomic E-state index is -3.47. The minimum Gasteiger partial charge on any atom is -0.366 e. The number of nitrogens with zero attached hydrogens (tertiary/aromatic N) is 4. The first-order valence-electron chi connectivity index (χ1n) is 8.01. The topological polar surface area (TPSA) is 102 Å². The molecule has 0 aromatic carbocycles. The number of rotatable bonds is 6. The van der Waals surface area contributed by atoms with Crippen LogP contribution < -0.4 is 10.0 Å². The molecule has 0 aliphatic carbocycles. The van der Waals surface area contributed by atoms with Crippen LogP contribution in [0.4, 0.5) is 5.82 Å². The quantitative estimate of drug-likeness (QED) is 0.684. The Morgan fingerprint density at radius 1 is 1.08 bits per heavy atom. The van der Waals surface area contributed by atoms with Gasteiger partial charge in [-0.2, -0.15) is 5.10 Å². The van der Waals surface area contributed by atoms with Gasteiger partial charge in [0.1, 0.15) is 10.7 Å². The fourth-order valence-electron chi connectivity index (χ4n) is 2.46. The zero-order valence-electron chi connectivity index (χ0n) is 14.8. The monoisotopic (exact) mass is 372 g/mol. The van der Waals surface area contributed by atoms with Crippen molar-refractivity contribution in [3.05, 3.63) is 59.7 Å². The predicted molar refractivity (Wildman–Crippen MR) is 98.6 cm³/mol. The first kappa shape index (κ1) is 18.0. The van der Waals surface area contributed by atoms with E-state index in [2.05, 4.69) is 25.1 Å². The van der Waals surface area contributed by atoms with E-state index in [0.717, 1.165) is 22.8 Å². The largest absolute Gasteiger partial charge is 0.366 e. The summed E-state index contributed by atoms with van der Waals surface area (Å²) in [6.07, 6.45) is 3.09. The van der Waals surface area contributed by atoms with Crippen LogP contribution in [0.25, 0.3) is 5.82 Å². The molecule has 0 bridgehead atoms. The van der Waals surface area contributed by atoms with E-state index in [9.17, 15) is 8.42 Å². The van der Waals surface area contributed by atoms with E-state index in [4.69, 9.17) is 0 Å². The molecular formula is C17H20N6O2S. The second kappa shape index (κ2) is 7.22. The maximum atomic E-state index is 11.7. The van der Waals surface area contributed by atoms with Crippen LogP contribution in [-0.2, 0) is 16.6 Å². The molecule has 3 aromatic heterocycles. The van der Waals surface area contributed by atoms with E-state index in [1.165, 1.54) is 19.3 Å². The van der Waals surface area contributed by atoms with E-state index < -0.39 is 10.0 Å². The van der Waals surface area contributed by atoms with E-state index in [1.807, 2.05) is 32.0 Å². The van der Waals surface area contributed by atoms with Crippen molar-refractivity contribution in [2.45, 2.75) is 25.3 Å². The molecule has 0 unspecified atom stereocenters. The predicted octanol–water partition coefficient (Wildman–Crippen LogP) is 1.80. The zero-order chi connectivity index (χ0) is 18.7. The molecule has 0 aliphatic rings. The lowest BCUT2D eigenvalue weighted by molar-refractivity contribution is 0.588. The summed E-state index contributed by atoms with van der Waals surface area (Å²) in [4.78, 5) is 8.69. The summed E-state index contributed by atoms with van der Waals surface area (Å²) in [7, 11) is -2.11. The summed E-state index contributed by atoms with van der Waals surface area (Å²) in [5.74, 6) is 1.35. The Kier molecular flexibility index (Phi) is 5.01. The lowest BCUT2D eigenvalue weighted by atomic mass is 10.3. The summed E-state index contributed by atoms with van der Waals surface area (Å²) < 4.78 is 27.4. The van der Waals surface area contributed by atoms with Gasteiger partial charge in [-0.3, -0.25) is 0 Å². The molecule has 0 atom stereocenters. The average Bonchev–Trinajstić information content (AvgIpc) is 2.99. The van der Waals surface area contributed by atoms with Crippen LogP contribution in [0.5, 0.6) is 0 Å². The Balaban J connectivity index is 1.66. The molecule has 2 N–H and O–H groups in total. The molecule has 0 fully saturated rings. The van der Waals surface area contributed by atoms with Gasteiger partial charge in [0.05, 0.1) is 5.69 Å². The number of anilines is 1. The molecule has 26 heavy (non-hydrogen) atoms. The van der Waals surface area contributed by atoms with Gasteiger partial charge in [-0.15, -0.1) is 0 Å². The maximum absolute atomic E-state index is 11.7. The van der Waals surface area contributed by atoms with Crippen LogP contribution in [0.1, 0.15) is 17.0 Å². The SMILES string of the molecule is CNS(=O)(=O)c1ccc(NCc2ccc(-n3nc(C)cc3C)nc2)nc1. The van der Waals surface area contributed by atoms with Crippen molar-refractivity contribution in [3.8, 4) is 5.82 Å². The number of hydrogen-bond acceptors (Lipinski definition) is 6. The van der Waals surface area contributed by atoms with Crippen LogP contribution in [-0.4, -0.2) is 35.2 Å². The third kappa shape index (κ3) is 3.89. The van der Waals surface area contributed by atoms with Crippen LogP contribution in [0, 0.1) is 13.8 Å². The highest BCUT2D eigenvalue weighted by atomic mass is 32.2. The molecule has 0 aliphatic heterocycles. The first-order chi connectivity index (χ1) is 12.4. The number of sulfonamides is 1. The Morgan fingerprint density at radius 2 is 1.88 bits per heavy atom. The average molecular weight is 372 g/mol. The van der Waals surface area contributed by atoms with Gasteiger partial charge < -0.3 is 5.32 Å². The van der Waals surface area contributed by atoms with Gasteiger partial charge in [-0.05, 0) is 50.7 Å². The van der Waals surface area contributed by atoms with Gasteiger partial charge in [0.15, 0.2) is 5.82 Å². The first-order valence-corrected chi connectivity index (χ1v) is 9.49.